The predicted octanol–water partition coefficient (Wildman–Crippen LogP) is 2.93. The Labute approximate surface area is 142 Å². The highest BCUT2D eigenvalue weighted by Crippen LogP contribution is 2.32. The molecule has 0 bridgehead atoms. The van der Waals surface area contributed by atoms with Crippen LogP contribution < -0.4 is 5.32 Å². The van der Waals surface area contributed by atoms with Crippen LogP contribution in [0.15, 0.2) is 41.8 Å². The van der Waals surface area contributed by atoms with E-state index in [0.717, 1.165) is 4.90 Å². The summed E-state index contributed by atoms with van der Waals surface area (Å²) in [6, 6.07) is 8.20. The van der Waals surface area contributed by atoms with Crippen LogP contribution in [0.3, 0.4) is 0 Å². The van der Waals surface area contributed by atoms with Crippen LogP contribution in [0, 0.1) is 5.82 Å². The zero-order valence-electron chi connectivity index (χ0n) is 12.9. The Bertz CT molecular complexity index is 789. The standard InChI is InChI=1S/C17H15FN2O3S/c1-2-17(11-5-7-12(18)8-6-11)15(22)20(16(23)19-17)10-13(21)14-4-3-9-24-14/h3-9H,2,10H2,1H3,(H,19,23)/t17-/m1/s1. The zero-order valence-corrected chi connectivity index (χ0v) is 13.7. The second kappa shape index (κ2) is 6.16. The number of rotatable bonds is 5. The van der Waals surface area contributed by atoms with Crippen molar-refractivity contribution in [2.45, 2.75) is 18.9 Å². The number of benzene rings is 1. The van der Waals surface area contributed by atoms with Gasteiger partial charge in [-0.25, -0.2) is 9.18 Å². The number of halogens is 1. The second-order valence-electron chi connectivity index (χ2n) is 5.49. The minimum atomic E-state index is -1.26. The van der Waals surface area contributed by atoms with Crippen molar-refractivity contribution in [1.29, 1.82) is 0 Å². The van der Waals surface area contributed by atoms with E-state index in [2.05, 4.69) is 5.32 Å². The molecule has 0 radical (unpaired) electrons. The Morgan fingerprint density at radius 3 is 2.54 bits per heavy atom. The van der Waals surface area contributed by atoms with E-state index in [1.165, 1.54) is 35.6 Å². The Hall–Kier alpha value is -2.54. The molecule has 2 heterocycles. The molecule has 2 aromatic rings. The average molecular weight is 346 g/mol. The van der Waals surface area contributed by atoms with Gasteiger partial charge < -0.3 is 5.32 Å². The monoisotopic (exact) mass is 346 g/mol. The summed E-state index contributed by atoms with van der Waals surface area (Å²) in [5, 5.41) is 4.43. The molecule has 7 heteroatoms. The van der Waals surface area contributed by atoms with Crippen molar-refractivity contribution < 1.29 is 18.8 Å². The van der Waals surface area contributed by atoms with Gasteiger partial charge in [0.05, 0.1) is 11.4 Å². The van der Waals surface area contributed by atoms with Crippen LogP contribution in [0.25, 0.3) is 0 Å². The molecule has 3 amide bonds. The minimum Gasteiger partial charge on any atom is -0.319 e. The normalized spacial score (nSPS) is 20.3. The minimum absolute atomic E-state index is 0.292. The summed E-state index contributed by atoms with van der Waals surface area (Å²) in [4.78, 5) is 38.8. The molecule has 0 spiro atoms. The third kappa shape index (κ3) is 2.60. The van der Waals surface area contributed by atoms with Gasteiger partial charge >= 0.3 is 6.03 Å². The van der Waals surface area contributed by atoms with Crippen molar-refractivity contribution in [3.05, 3.63) is 58.0 Å². The van der Waals surface area contributed by atoms with Gasteiger partial charge in [-0.3, -0.25) is 14.5 Å². The van der Waals surface area contributed by atoms with Gasteiger partial charge in [-0.2, -0.15) is 0 Å². The number of Topliss-reactive ketones (excluding diaryl/α,β-unsaturated/α-hetero) is 1. The lowest BCUT2D eigenvalue weighted by Crippen LogP contribution is -2.43. The number of carbonyl (C=O) groups excluding carboxylic acids is 3. The van der Waals surface area contributed by atoms with Crippen LogP contribution in [0.5, 0.6) is 0 Å². The first-order valence-corrected chi connectivity index (χ1v) is 8.33. The summed E-state index contributed by atoms with van der Waals surface area (Å²) in [6.45, 7) is 1.44. The van der Waals surface area contributed by atoms with Gasteiger partial charge in [-0.15, -0.1) is 11.3 Å². The van der Waals surface area contributed by atoms with Gasteiger partial charge in [0.2, 0.25) is 0 Å². The maximum absolute atomic E-state index is 13.2. The lowest BCUT2D eigenvalue weighted by Gasteiger charge is -2.25. The van der Waals surface area contributed by atoms with E-state index in [1.54, 1.807) is 24.4 Å². The fraction of sp³-hybridized carbons (Fsp3) is 0.235. The van der Waals surface area contributed by atoms with Gasteiger partial charge in [0, 0.05) is 0 Å². The van der Waals surface area contributed by atoms with Crippen molar-refractivity contribution in [1.82, 2.24) is 10.2 Å². The SMILES string of the molecule is CC[C@]1(c2ccc(F)cc2)NC(=O)N(CC(=O)c2cccs2)C1=O. The van der Waals surface area contributed by atoms with Gasteiger partial charge in [0.25, 0.3) is 5.91 Å². The number of nitrogens with one attached hydrogen (secondary N) is 1. The van der Waals surface area contributed by atoms with E-state index in [4.69, 9.17) is 0 Å². The number of nitrogens with zero attached hydrogens (tertiary/aromatic N) is 1. The molecule has 5 nitrogen and oxygen atoms in total. The molecule has 0 saturated carbocycles. The summed E-state index contributed by atoms with van der Waals surface area (Å²) >= 11 is 1.26. The molecular formula is C17H15FN2O3S. The van der Waals surface area contributed by atoms with Crippen LogP contribution in [0.1, 0.15) is 28.6 Å². The Balaban J connectivity index is 1.89. The number of hydrogen-bond donors (Lipinski definition) is 1. The highest BCUT2D eigenvalue weighted by Gasteiger charge is 2.51. The number of imide groups is 1. The van der Waals surface area contributed by atoms with Crippen molar-refractivity contribution in [2.24, 2.45) is 0 Å². The van der Waals surface area contributed by atoms with E-state index < -0.39 is 23.3 Å². The zero-order chi connectivity index (χ0) is 17.3. The van der Waals surface area contributed by atoms with Gasteiger partial charge in [-0.05, 0) is 35.6 Å². The molecule has 1 fully saturated rings. The summed E-state index contributed by atoms with van der Waals surface area (Å²) in [6.07, 6.45) is 0.299. The van der Waals surface area contributed by atoms with Crippen molar-refractivity contribution in [3.8, 4) is 0 Å². The third-order valence-electron chi connectivity index (χ3n) is 4.14. The molecule has 1 N–H and O–H groups in total. The largest absolute Gasteiger partial charge is 0.325 e. The fourth-order valence-corrected chi connectivity index (χ4v) is 3.46. The Morgan fingerprint density at radius 1 is 1.25 bits per heavy atom. The van der Waals surface area contributed by atoms with E-state index in [-0.39, 0.29) is 12.3 Å². The maximum atomic E-state index is 13.2. The number of ketones is 1. The molecular weight excluding hydrogens is 331 g/mol. The fourth-order valence-electron chi connectivity index (χ4n) is 2.80. The molecule has 1 aliphatic heterocycles. The van der Waals surface area contributed by atoms with E-state index >= 15 is 0 Å². The number of urea groups is 1. The summed E-state index contributed by atoms with van der Waals surface area (Å²) in [7, 11) is 0. The van der Waals surface area contributed by atoms with E-state index in [0.29, 0.717) is 16.9 Å². The number of carbonyl (C=O) groups is 3. The number of thiophene rings is 1. The molecule has 0 unspecified atom stereocenters. The first-order valence-electron chi connectivity index (χ1n) is 7.45. The van der Waals surface area contributed by atoms with Crippen LogP contribution in [-0.2, 0) is 10.3 Å². The van der Waals surface area contributed by atoms with Gasteiger partial charge in [-0.1, -0.05) is 25.1 Å². The average Bonchev–Trinajstić information content (AvgIpc) is 3.19. The first kappa shape index (κ1) is 16.3. The molecule has 24 heavy (non-hydrogen) atoms. The van der Waals surface area contributed by atoms with Gasteiger partial charge in [0.1, 0.15) is 11.4 Å². The summed E-state index contributed by atoms with van der Waals surface area (Å²) in [5.41, 5.74) is -0.767. The highest BCUT2D eigenvalue weighted by atomic mass is 32.1. The third-order valence-corrected chi connectivity index (χ3v) is 5.05. The van der Waals surface area contributed by atoms with Crippen molar-refractivity contribution in [3.63, 3.8) is 0 Å². The van der Waals surface area contributed by atoms with E-state index in [1.807, 2.05) is 0 Å². The van der Waals surface area contributed by atoms with Crippen molar-refractivity contribution >= 4 is 29.1 Å². The quantitative estimate of drug-likeness (QED) is 0.669. The Kier molecular flexibility index (Phi) is 4.19. The molecule has 124 valence electrons. The van der Waals surface area contributed by atoms with E-state index in [9.17, 15) is 18.8 Å². The van der Waals surface area contributed by atoms with Gasteiger partial charge in [0.15, 0.2) is 5.78 Å². The lowest BCUT2D eigenvalue weighted by molar-refractivity contribution is -0.131. The molecule has 1 aromatic carbocycles. The highest BCUT2D eigenvalue weighted by molar-refractivity contribution is 7.12. The first-order chi connectivity index (χ1) is 11.5. The maximum Gasteiger partial charge on any atom is 0.325 e. The van der Waals surface area contributed by atoms with Crippen LogP contribution in [0.2, 0.25) is 0 Å². The molecule has 1 aromatic heterocycles. The molecule has 1 atom stereocenters. The van der Waals surface area contributed by atoms with Crippen molar-refractivity contribution in [2.75, 3.05) is 6.54 Å². The lowest BCUT2D eigenvalue weighted by atomic mass is 9.87. The summed E-state index contributed by atoms with van der Waals surface area (Å²) < 4.78 is 13.2. The molecule has 1 saturated heterocycles. The molecule has 1 aliphatic rings. The smallest absolute Gasteiger partial charge is 0.319 e. The number of amides is 3. The molecule has 0 aliphatic carbocycles. The van der Waals surface area contributed by atoms with Crippen LogP contribution >= 0.6 is 11.3 Å². The van der Waals surface area contributed by atoms with Crippen LogP contribution in [-0.4, -0.2) is 29.2 Å². The summed E-state index contributed by atoms with van der Waals surface area (Å²) in [5.74, 6) is -1.21. The predicted molar refractivity (Wildman–Crippen MR) is 87.3 cm³/mol. The van der Waals surface area contributed by atoms with Crippen LogP contribution in [0.4, 0.5) is 9.18 Å². The molecule has 3 rings (SSSR count). The topological polar surface area (TPSA) is 66.5 Å². The second-order valence-corrected chi connectivity index (χ2v) is 6.44. The Morgan fingerprint density at radius 2 is 1.96 bits per heavy atom. The number of hydrogen-bond acceptors (Lipinski definition) is 4.